The largest absolute Gasteiger partial charge is 0.481 e. The van der Waals surface area contributed by atoms with Crippen molar-refractivity contribution >= 4 is 11.8 Å². The molecule has 0 saturated heterocycles. The summed E-state index contributed by atoms with van der Waals surface area (Å²) in [6, 6.07) is 0. The highest BCUT2D eigenvalue weighted by atomic mass is 16.4. The lowest BCUT2D eigenvalue weighted by Gasteiger charge is -2.07. The van der Waals surface area contributed by atoms with Crippen molar-refractivity contribution in [3.8, 4) is 0 Å². The zero-order valence-corrected chi connectivity index (χ0v) is 14.0. The normalized spacial score (nSPS) is 19.6. The van der Waals surface area contributed by atoms with Crippen molar-refractivity contribution < 1.29 is 14.7 Å². The topological polar surface area (TPSA) is 54.4 Å². The fourth-order valence-corrected chi connectivity index (χ4v) is 2.51. The van der Waals surface area contributed by atoms with Crippen molar-refractivity contribution in [2.75, 3.05) is 0 Å². The molecule has 0 fully saturated rings. The maximum Gasteiger partial charge on any atom is 0.303 e. The lowest BCUT2D eigenvalue weighted by atomic mass is 9.96. The third kappa shape index (κ3) is 8.34. The number of allylic oxidation sites excluding steroid dienone is 8. The first-order chi connectivity index (χ1) is 11.1. The van der Waals surface area contributed by atoms with Crippen LogP contribution in [0.25, 0.3) is 0 Å². The van der Waals surface area contributed by atoms with Gasteiger partial charge in [-0.25, -0.2) is 0 Å². The summed E-state index contributed by atoms with van der Waals surface area (Å²) in [5, 5.41) is 8.57. The Balaban J connectivity index is 2.38. The molecule has 1 aliphatic carbocycles. The summed E-state index contributed by atoms with van der Waals surface area (Å²) in [5.74, 6) is -0.679. The van der Waals surface area contributed by atoms with Gasteiger partial charge in [-0.05, 0) is 43.8 Å². The van der Waals surface area contributed by atoms with Gasteiger partial charge in [0.15, 0.2) is 5.78 Å². The monoisotopic (exact) mass is 316 g/mol. The number of aliphatic carboxylic acids is 1. The van der Waals surface area contributed by atoms with Gasteiger partial charge in [0.25, 0.3) is 0 Å². The summed E-state index contributed by atoms with van der Waals surface area (Å²) in [6.07, 6.45) is 20.9. The molecule has 3 heteroatoms. The summed E-state index contributed by atoms with van der Waals surface area (Å²) in [7, 11) is 0. The second kappa shape index (κ2) is 11.6. The van der Waals surface area contributed by atoms with E-state index in [0.29, 0.717) is 12.8 Å². The number of carboxylic acids is 1. The van der Waals surface area contributed by atoms with Gasteiger partial charge < -0.3 is 5.11 Å². The van der Waals surface area contributed by atoms with E-state index >= 15 is 0 Å². The van der Waals surface area contributed by atoms with E-state index in [1.807, 2.05) is 24.3 Å². The molecule has 1 aliphatic rings. The molecule has 0 saturated carbocycles. The molecule has 1 atom stereocenters. The summed E-state index contributed by atoms with van der Waals surface area (Å²) in [5.41, 5.74) is 1.07. The van der Waals surface area contributed by atoms with Gasteiger partial charge in [0.1, 0.15) is 0 Å². The van der Waals surface area contributed by atoms with Gasteiger partial charge in [-0.3, -0.25) is 9.59 Å². The Kier molecular flexibility index (Phi) is 9.69. The van der Waals surface area contributed by atoms with Crippen LogP contribution in [-0.4, -0.2) is 16.9 Å². The maximum absolute atomic E-state index is 11.9. The van der Waals surface area contributed by atoms with Gasteiger partial charge in [0.05, 0.1) is 5.92 Å². The van der Waals surface area contributed by atoms with Crippen LogP contribution < -0.4 is 0 Å². The number of carboxylic acid groups (broad SMARTS) is 1. The number of rotatable bonds is 11. The molecule has 126 valence electrons. The molecule has 1 N–H and O–H groups in total. The van der Waals surface area contributed by atoms with Crippen LogP contribution in [0.5, 0.6) is 0 Å². The second-order valence-corrected chi connectivity index (χ2v) is 5.87. The quantitative estimate of drug-likeness (QED) is 0.431. The third-order valence-corrected chi connectivity index (χ3v) is 3.88. The van der Waals surface area contributed by atoms with Crippen molar-refractivity contribution in [1.82, 2.24) is 0 Å². The minimum Gasteiger partial charge on any atom is -0.481 e. The predicted octanol–water partition coefficient (Wildman–Crippen LogP) is 5.01. The lowest BCUT2D eigenvalue weighted by molar-refractivity contribution is -0.137. The molecular weight excluding hydrogens is 288 g/mol. The van der Waals surface area contributed by atoms with Crippen LogP contribution in [0.3, 0.4) is 0 Å². The van der Waals surface area contributed by atoms with Crippen LogP contribution in [0.15, 0.2) is 48.1 Å². The average molecular weight is 316 g/mol. The first-order valence-electron chi connectivity index (χ1n) is 8.60. The molecule has 0 bridgehead atoms. The number of ketones is 1. The van der Waals surface area contributed by atoms with Crippen LogP contribution in [0.4, 0.5) is 0 Å². The van der Waals surface area contributed by atoms with Gasteiger partial charge in [0, 0.05) is 6.42 Å². The smallest absolute Gasteiger partial charge is 0.303 e. The first kappa shape index (κ1) is 19.1. The van der Waals surface area contributed by atoms with Gasteiger partial charge in [-0.1, -0.05) is 56.2 Å². The van der Waals surface area contributed by atoms with Gasteiger partial charge in [0.2, 0.25) is 0 Å². The second-order valence-electron chi connectivity index (χ2n) is 5.87. The molecule has 0 spiro atoms. The molecule has 0 unspecified atom stereocenters. The van der Waals surface area contributed by atoms with Crippen molar-refractivity contribution in [3.05, 3.63) is 48.1 Å². The minimum atomic E-state index is -0.760. The molecule has 3 nitrogen and oxygen atoms in total. The average Bonchev–Trinajstić information content (AvgIpc) is 2.86. The van der Waals surface area contributed by atoms with E-state index in [9.17, 15) is 9.59 Å². The van der Waals surface area contributed by atoms with E-state index in [-0.39, 0.29) is 18.1 Å². The number of carbonyl (C=O) groups is 2. The Hall–Kier alpha value is -1.90. The maximum atomic E-state index is 11.9. The summed E-state index contributed by atoms with van der Waals surface area (Å²) in [4.78, 5) is 22.3. The third-order valence-electron chi connectivity index (χ3n) is 3.88. The van der Waals surface area contributed by atoms with Crippen molar-refractivity contribution in [3.63, 3.8) is 0 Å². The molecular formula is C20H28O3. The van der Waals surface area contributed by atoms with E-state index in [1.54, 1.807) is 6.08 Å². The highest BCUT2D eigenvalue weighted by Gasteiger charge is 2.22. The van der Waals surface area contributed by atoms with E-state index in [1.165, 1.54) is 19.3 Å². The van der Waals surface area contributed by atoms with Crippen LogP contribution in [0.1, 0.15) is 58.3 Å². The molecule has 23 heavy (non-hydrogen) atoms. The zero-order chi connectivity index (χ0) is 16.9. The summed E-state index contributed by atoms with van der Waals surface area (Å²) in [6.45, 7) is 2.19. The number of unbranched alkanes of at least 4 members (excludes halogenated alkanes) is 4. The Morgan fingerprint density at radius 1 is 1.13 bits per heavy atom. The predicted molar refractivity (Wildman–Crippen MR) is 94.2 cm³/mol. The fraction of sp³-hybridized carbons (Fsp3) is 0.500. The zero-order valence-electron chi connectivity index (χ0n) is 14.0. The molecule has 0 amide bonds. The lowest BCUT2D eigenvalue weighted by Crippen LogP contribution is -2.07. The van der Waals surface area contributed by atoms with Crippen molar-refractivity contribution in [2.24, 2.45) is 5.92 Å². The molecule has 0 aromatic carbocycles. The van der Waals surface area contributed by atoms with Crippen molar-refractivity contribution in [1.29, 1.82) is 0 Å². The van der Waals surface area contributed by atoms with E-state index < -0.39 is 5.97 Å². The van der Waals surface area contributed by atoms with Crippen LogP contribution in [0, 0.1) is 5.92 Å². The molecule has 0 aliphatic heterocycles. The van der Waals surface area contributed by atoms with Gasteiger partial charge >= 0.3 is 5.97 Å². The molecule has 0 aromatic rings. The van der Waals surface area contributed by atoms with E-state index in [2.05, 4.69) is 19.1 Å². The Labute approximate surface area is 139 Å². The molecule has 0 heterocycles. The standard InChI is InChI=1S/C20H28O3/c1-2-3-4-5-6-9-12-17-15-16-19(21)18(17)13-10-7-8-11-14-20(22)23/h6-7,9-10,12,15-16,18H,2-5,8,11,13-14H2,1H3,(H,22,23)/b9-6+,10-7-,17-12-/t18-/m0/s1. The fourth-order valence-electron chi connectivity index (χ4n) is 2.51. The molecule has 0 aromatic heterocycles. The number of hydrogen-bond donors (Lipinski definition) is 1. The molecule has 0 radical (unpaired) electrons. The van der Waals surface area contributed by atoms with Gasteiger partial charge in [-0.15, -0.1) is 0 Å². The van der Waals surface area contributed by atoms with E-state index in [0.717, 1.165) is 18.4 Å². The van der Waals surface area contributed by atoms with E-state index in [4.69, 9.17) is 5.11 Å². The summed E-state index contributed by atoms with van der Waals surface area (Å²) >= 11 is 0. The van der Waals surface area contributed by atoms with Crippen LogP contribution >= 0.6 is 0 Å². The molecule has 1 rings (SSSR count). The number of carbonyl (C=O) groups excluding carboxylic acids is 1. The number of hydrogen-bond acceptors (Lipinski definition) is 2. The Bertz CT molecular complexity index is 495. The Morgan fingerprint density at radius 2 is 1.91 bits per heavy atom. The minimum absolute atomic E-state index is 0.0778. The van der Waals surface area contributed by atoms with Crippen LogP contribution in [-0.2, 0) is 9.59 Å². The first-order valence-corrected chi connectivity index (χ1v) is 8.60. The highest BCUT2D eigenvalue weighted by molar-refractivity contribution is 5.98. The van der Waals surface area contributed by atoms with Gasteiger partial charge in [-0.2, -0.15) is 0 Å². The van der Waals surface area contributed by atoms with Crippen LogP contribution in [0.2, 0.25) is 0 Å². The SMILES string of the molecule is CCCCC/C=C/C=C1/C=CC(=O)[C@H]1C/C=C\CCCC(=O)O. The summed E-state index contributed by atoms with van der Waals surface area (Å²) < 4.78 is 0. The van der Waals surface area contributed by atoms with Crippen molar-refractivity contribution in [2.45, 2.75) is 58.3 Å². The highest BCUT2D eigenvalue weighted by Crippen LogP contribution is 2.25. The Morgan fingerprint density at radius 3 is 2.65 bits per heavy atom.